The standard InChI is InChI=1S/C28H35NO5/c1-6-16-34-22-10-7-9-20(18-22)25(30)23-24(19-11-13-21(14-12-19)28(2,3)4)29(15-8-17-33-5)27(32)26(23)31/h7,9-14,18,24,30H,6,8,15-17H2,1-5H3. The predicted octanol–water partition coefficient (Wildman–Crippen LogP) is 5.23. The SMILES string of the molecule is CCCOc1cccc(C(O)=C2C(=O)C(=O)N(CCCOC)C2c2ccc(C(C)(C)C)cc2)c1. The summed E-state index contributed by atoms with van der Waals surface area (Å²) in [6, 6.07) is 14.2. The second kappa shape index (κ2) is 10.9. The number of nitrogens with zero attached hydrogens (tertiary/aromatic N) is 1. The fourth-order valence-electron chi connectivity index (χ4n) is 4.11. The summed E-state index contributed by atoms with van der Waals surface area (Å²) in [5, 5.41) is 11.3. The monoisotopic (exact) mass is 465 g/mol. The number of amides is 1. The molecule has 6 nitrogen and oxygen atoms in total. The van der Waals surface area contributed by atoms with Gasteiger partial charge in [-0.1, -0.05) is 64.1 Å². The molecule has 34 heavy (non-hydrogen) atoms. The molecule has 2 aromatic rings. The van der Waals surface area contributed by atoms with Crippen molar-refractivity contribution in [3.05, 3.63) is 70.8 Å². The highest BCUT2D eigenvalue weighted by atomic mass is 16.5. The first kappa shape index (κ1) is 25.5. The average Bonchev–Trinajstić information content (AvgIpc) is 3.07. The number of carbonyl (C=O) groups is 2. The highest BCUT2D eigenvalue weighted by Gasteiger charge is 2.45. The minimum absolute atomic E-state index is 0.0300. The van der Waals surface area contributed by atoms with Crippen molar-refractivity contribution in [2.75, 3.05) is 26.9 Å². The van der Waals surface area contributed by atoms with Crippen LogP contribution in [0.2, 0.25) is 0 Å². The van der Waals surface area contributed by atoms with Crippen LogP contribution in [-0.2, 0) is 19.7 Å². The lowest BCUT2D eigenvalue weighted by Crippen LogP contribution is -2.31. The van der Waals surface area contributed by atoms with Gasteiger partial charge in [-0.3, -0.25) is 9.59 Å². The van der Waals surface area contributed by atoms with E-state index in [-0.39, 0.29) is 16.7 Å². The van der Waals surface area contributed by atoms with Gasteiger partial charge in [0.15, 0.2) is 0 Å². The molecule has 1 heterocycles. The summed E-state index contributed by atoms with van der Waals surface area (Å²) >= 11 is 0. The molecule has 1 aliphatic rings. The molecule has 0 aromatic heterocycles. The van der Waals surface area contributed by atoms with Crippen LogP contribution in [0.3, 0.4) is 0 Å². The van der Waals surface area contributed by atoms with Crippen LogP contribution < -0.4 is 4.74 Å². The van der Waals surface area contributed by atoms with Crippen molar-refractivity contribution in [2.45, 2.75) is 52.0 Å². The predicted molar refractivity (Wildman–Crippen MR) is 133 cm³/mol. The molecule has 1 saturated heterocycles. The van der Waals surface area contributed by atoms with E-state index in [4.69, 9.17) is 9.47 Å². The molecule has 0 saturated carbocycles. The quantitative estimate of drug-likeness (QED) is 0.237. The van der Waals surface area contributed by atoms with Crippen LogP contribution in [0, 0.1) is 0 Å². The van der Waals surface area contributed by atoms with Gasteiger partial charge in [-0.25, -0.2) is 0 Å². The summed E-state index contributed by atoms with van der Waals surface area (Å²) in [6.45, 7) is 9.77. The molecular weight excluding hydrogens is 430 g/mol. The number of ether oxygens (including phenoxy) is 2. The summed E-state index contributed by atoms with van der Waals surface area (Å²) in [6.07, 6.45) is 1.44. The molecule has 1 unspecified atom stereocenters. The lowest BCUT2D eigenvalue weighted by atomic mass is 9.85. The maximum atomic E-state index is 13.2. The summed E-state index contributed by atoms with van der Waals surface area (Å²) in [4.78, 5) is 27.7. The Balaban J connectivity index is 2.09. The number of Topliss-reactive ketones (excluding diaryl/α,β-unsaturated/α-hetero) is 1. The molecule has 2 aromatic carbocycles. The lowest BCUT2D eigenvalue weighted by molar-refractivity contribution is -0.140. The van der Waals surface area contributed by atoms with Gasteiger partial charge in [-0.05, 0) is 41.5 Å². The van der Waals surface area contributed by atoms with E-state index in [2.05, 4.69) is 20.8 Å². The fourth-order valence-corrected chi connectivity index (χ4v) is 4.11. The first-order valence-corrected chi connectivity index (χ1v) is 11.8. The van der Waals surface area contributed by atoms with Crippen LogP contribution in [-0.4, -0.2) is 48.6 Å². The minimum Gasteiger partial charge on any atom is -0.507 e. The molecule has 1 N–H and O–H groups in total. The number of rotatable bonds is 9. The van der Waals surface area contributed by atoms with Gasteiger partial charge < -0.3 is 19.5 Å². The molecule has 6 heteroatoms. The van der Waals surface area contributed by atoms with Crippen LogP contribution in [0.5, 0.6) is 5.75 Å². The maximum absolute atomic E-state index is 13.2. The third kappa shape index (κ3) is 5.50. The smallest absolute Gasteiger partial charge is 0.295 e. The molecular formula is C28H35NO5. The molecule has 0 spiro atoms. The van der Waals surface area contributed by atoms with E-state index in [0.717, 1.165) is 17.5 Å². The van der Waals surface area contributed by atoms with Gasteiger partial charge in [0.05, 0.1) is 18.2 Å². The molecule has 1 aliphatic heterocycles. The van der Waals surface area contributed by atoms with Crippen molar-refractivity contribution >= 4 is 17.4 Å². The number of hydrogen-bond acceptors (Lipinski definition) is 5. The number of hydrogen-bond donors (Lipinski definition) is 1. The second-order valence-electron chi connectivity index (χ2n) is 9.59. The Morgan fingerprint density at radius 1 is 1.06 bits per heavy atom. The number of aliphatic hydroxyl groups is 1. The summed E-state index contributed by atoms with van der Waals surface area (Å²) < 4.78 is 10.8. The highest BCUT2D eigenvalue weighted by Crippen LogP contribution is 2.40. The molecule has 1 amide bonds. The topological polar surface area (TPSA) is 76.1 Å². The minimum atomic E-state index is -0.681. The third-order valence-electron chi connectivity index (χ3n) is 5.96. The van der Waals surface area contributed by atoms with E-state index in [1.165, 1.54) is 4.90 Å². The van der Waals surface area contributed by atoms with Crippen molar-refractivity contribution in [1.29, 1.82) is 0 Å². The normalized spacial score (nSPS) is 17.9. The van der Waals surface area contributed by atoms with Crippen LogP contribution in [0.1, 0.15) is 63.3 Å². The molecule has 0 aliphatic carbocycles. The van der Waals surface area contributed by atoms with Gasteiger partial charge >= 0.3 is 0 Å². The Labute approximate surface area is 202 Å². The number of likely N-dealkylation sites (tertiary alicyclic amines) is 1. The van der Waals surface area contributed by atoms with Gasteiger partial charge in [0.2, 0.25) is 0 Å². The zero-order chi connectivity index (χ0) is 24.9. The van der Waals surface area contributed by atoms with Crippen LogP contribution in [0.15, 0.2) is 54.1 Å². The first-order chi connectivity index (χ1) is 16.2. The number of carbonyl (C=O) groups excluding carboxylic acids is 2. The maximum Gasteiger partial charge on any atom is 0.295 e. The van der Waals surface area contributed by atoms with Crippen molar-refractivity contribution in [3.8, 4) is 5.75 Å². The Bertz CT molecular complexity index is 1050. The van der Waals surface area contributed by atoms with E-state index in [1.54, 1.807) is 31.4 Å². The van der Waals surface area contributed by atoms with Crippen molar-refractivity contribution < 1.29 is 24.2 Å². The molecule has 0 bridgehead atoms. The van der Waals surface area contributed by atoms with Crippen molar-refractivity contribution in [3.63, 3.8) is 0 Å². The van der Waals surface area contributed by atoms with Crippen LogP contribution >= 0.6 is 0 Å². The van der Waals surface area contributed by atoms with E-state index < -0.39 is 17.7 Å². The Morgan fingerprint density at radius 3 is 2.38 bits per heavy atom. The van der Waals surface area contributed by atoms with Crippen LogP contribution in [0.25, 0.3) is 5.76 Å². The zero-order valence-corrected chi connectivity index (χ0v) is 20.8. The zero-order valence-electron chi connectivity index (χ0n) is 20.8. The van der Waals surface area contributed by atoms with E-state index >= 15 is 0 Å². The van der Waals surface area contributed by atoms with Crippen LogP contribution in [0.4, 0.5) is 0 Å². The number of benzene rings is 2. The molecule has 1 fully saturated rings. The first-order valence-electron chi connectivity index (χ1n) is 11.8. The fraction of sp³-hybridized carbons (Fsp3) is 0.429. The van der Waals surface area contributed by atoms with Gasteiger partial charge in [0.1, 0.15) is 11.5 Å². The average molecular weight is 466 g/mol. The summed E-state index contributed by atoms with van der Waals surface area (Å²) in [7, 11) is 1.60. The second-order valence-corrected chi connectivity index (χ2v) is 9.59. The van der Waals surface area contributed by atoms with E-state index in [1.807, 2.05) is 31.2 Å². The van der Waals surface area contributed by atoms with Gasteiger partial charge in [0.25, 0.3) is 11.7 Å². The van der Waals surface area contributed by atoms with Gasteiger partial charge in [-0.15, -0.1) is 0 Å². The molecule has 0 radical (unpaired) electrons. The number of aliphatic hydroxyl groups excluding tert-OH is 1. The summed E-state index contributed by atoms with van der Waals surface area (Å²) in [5.41, 5.74) is 2.44. The third-order valence-corrected chi connectivity index (χ3v) is 5.96. The van der Waals surface area contributed by atoms with Gasteiger partial charge in [0, 0.05) is 25.8 Å². The molecule has 182 valence electrons. The summed E-state index contributed by atoms with van der Waals surface area (Å²) in [5.74, 6) is -0.883. The Kier molecular flexibility index (Phi) is 8.15. The van der Waals surface area contributed by atoms with E-state index in [9.17, 15) is 14.7 Å². The largest absolute Gasteiger partial charge is 0.507 e. The highest BCUT2D eigenvalue weighted by molar-refractivity contribution is 6.46. The van der Waals surface area contributed by atoms with Crippen molar-refractivity contribution in [1.82, 2.24) is 4.90 Å². The molecule has 1 atom stereocenters. The van der Waals surface area contributed by atoms with Crippen molar-refractivity contribution in [2.24, 2.45) is 0 Å². The number of methoxy groups -OCH3 is 1. The Morgan fingerprint density at radius 2 is 1.76 bits per heavy atom. The lowest BCUT2D eigenvalue weighted by Gasteiger charge is -2.26. The molecule has 3 rings (SSSR count). The Hall–Kier alpha value is -3.12. The van der Waals surface area contributed by atoms with E-state index in [0.29, 0.717) is 37.5 Å². The number of ketones is 1. The van der Waals surface area contributed by atoms with Gasteiger partial charge in [-0.2, -0.15) is 0 Å².